The number of piperazine rings is 1. The van der Waals surface area contributed by atoms with Crippen molar-refractivity contribution in [3.8, 4) is 0 Å². The number of phosphoric ester groups is 1. The van der Waals surface area contributed by atoms with Crippen LogP contribution in [0.3, 0.4) is 0 Å². The fraction of sp³-hybridized carbons (Fsp3) is 0.421. The van der Waals surface area contributed by atoms with E-state index in [9.17, 15) is 28.7 Å². The highest BCUT2D eigenvalue weighted by atomic mass is 32.1. The number of amides is 2. The maximum Gasteiger partial charge on any atom is 0.469 e. The number of cyclic esters (lactones) is 1. The largest absolute Gasteiger partial charge is 0.469 e. The number of aromatic nitrogens is 1. The molecule has 2 aliphatic rings. The molecule has 0 bridgehead atoms. The lowest BCUT2D eigenvalue weighted by Crippen LogP contribution is -2.49. The average molecular weight is 560 g/mol. The summed E-state index contributed by atoms with van der Waals surface area (Å²) in [7, 11) is -4.72. The Hall–Kier alpha value is -3.21. The van der Waals surface area contributed by atoms with Gasteiger partial charge < -0.3 is 24.7 Å². The first-order valence-corrected chi connectivity index (χ1v) is 13.2. The first kappa shape index (κ1) is 26.8. The third-order valence-electron chi connectivity index (χ3n) is 5.55. The van der Waals surface area contributed by atoms with Crippen LogP contribution in [-0.4, -0.2) is 88.6 Å². The van der Waals surface area contributed by atoms with Gasteiger partial charge in [0.15, 0.2) is 5.13 Å². The number of nitrogens with one attached hydrogen (secondary N) is 1. The average Bonchev–Trinajstić information content (AvgIpc) is 3.44. The Labute approximate surface area is 212 Å². The molecule has 0 aliphatic carbocycles. The Kier molecular flexibility index (Phi) is 8.01. The van der Waals surface area contributed by atoms with Crippen molar-refractivity contribution in [2.45, 2.75) is 6.10 Å². The number of thiazole rings is 1. The van der Waals surface area contributed by atoms with Gasteiger partial charge in [0.2, 0.25) is 5.91 Å². The lowest BCUT2D eigenvalue weighted by molar-refractivity contribution is -0.380. The molecule has 0 radical (unpaired) electrons. The summed E-state index contributed by atoms with van der Waals surface area (Å²) >= 11 is 0.764. The van der Waals surface area contributed by atoms with Crippen molar-refractivity contribution in [3.63, 3.8) is 0 Å². The molecule has 3 heterocycles. The third-order valence-corrected chi connectivity index (χ3v) is 6.90. The number of nitro groups is 1. The van der Waals surface area contributed by atoms with Crippen LogP contribution in [0.2, 0.25) is 0 Å². The Morgan fingerprint density at radius 3 is 2.70 bits per heavy atom. The van der Waals surface area contributed by atoms with E-state index >= 15 is 0 Å². The van der Waals surface area contributed by atoms with Crippen molar-refractivity contribution in [1.82, 2.24) is 9.88 Å². The maximum atomic E-state index is 14.9. The summed E-state index contributed by atoms with van der Waals surface area (Å²) < 4.78 is 35.2. The van der Waals surface area contributed by atoms with E-state index in [1.165, 1.54) is 12.1 Å². The first-order chi connectivity index (χ1) is 17.5. The number of carbonyl (C=O) groups is 2. The van der Waals surface area contributed by atoms with Gasteiger partial charge in [-0.25, -0.2) is 18.7 Å². The van der Waals surface area contributed by atoms with Crippen molar-refractivity contribution in [2.75, 3.05) is 61.0 Å². The van der Waals surface area contributed by atoms with Crippen molar-refractivity contribution in [1.29, 1.82) is 0 Å². The molecule has 2 aromatic rings. The van der Waals surface area contributed by atoms with Gasteiger partial charge in [-0.2, -0.15) is 0 Å². The Morgan fingerprint density at radius 2 is 2.08 bits per heavy atom. The number of carbonyl (C=O) groups excluding carboxylic acids is 2. The monoisotopic (exact) mass is 560 g/mol. The molecule has 18 heteroatoms. The van der Waals surface area contributed by atoms with Gasteiger partial charge in [-0.15, -0.1) is 0 Å². The number of ether oxygens (including phenoxy) is 1. The zero-order chi connectivity index (χ0) is 26.7. The van der Waals surface area contributed by atoms with Crippen molar-refractivity contribution < 1.29 is 42.5 Å². The van der Waals surface area contributed by atoms with Gasteiger partial charge in [-0.3, -0.25) is 29.2 Å². The molecule has 2 saturated heterocycles. The Balaban J connectivity index is 1.28. The van der Waals surface area contributed by atoms with Crippen LogP contribution in [0, 0.1) is 15.9 Å². The second-order valence-electron chi connectivity index (χ2n) is 8.11. The number of rotatable bonds is 9. The van der Waals surface area contributed by atoms with Crippen LogP contribution in [0.4, 0.5) is 30.7 Å². The predicted molar refractivity (Wildman–Crippen MR) is 128 cm³/mol. The zero-order valence-electron chi connectivity index (χ0n) is 19.1. The van der Waals surface area contributed by atoms with E-state index in [0.717, 1.165) is 22.4 Å². The normalized spacial score (nSPS) is 18.7. The van der Waals surface area contributed by atoms with E-state index in [2.05, 4.69) is 14.8 Å². The van der Waals surface area contributed by atoms with Gasteiger partial charge in [-0.1, -0.05) is 0 Å². The van der Waals surface area contributed by atoms with E-state index in [1.807, 2.05) is 4.90 Å². The molecule has 37 heavy (non-hydrogen) atoms. The lowest BCUT2D eigenvalue weighted by Gasteiger charge is -2.36. The SMILES string of the molecule is O=C(CN1CCN(c2ccc(N3C[C@H](COP(=O)(O)O)OC3=O)cc2F)CC1)Nc1ncc([N+](=O)[O-])s1. The summed E-state index contributed by atoms with van der Waals surface area (Å²) in [5, 5.41) is 13.2. The Morgan fingerprint density at radius 1 is 1.35 bits per heavy atom. The van der Waals surface area contributed by atoms with Gasteiger partial charge in [0.25, 0.3) is 0 Å². The summed E-state index contributed by atoms with van der Waals surface area (Å²) in [4.78, 5) is 60.7. The summed E-state index contributed by atoms with van der Waals surface area (Å²) in [6.07, 6.45) is -0.630. The number of anilines is 3. The number of nitrogens with zero attached hydrogens (tertiary/aromatic N) is 5. The van der Waals surface area contributed by atoms with Crippen LogP contribution in [0.1, 0.15) is 0 Å². The van der Waals surface area contributed by atoms with Gasteiger partial charge in [0.1, 0.15) is 18.1 Å². The smallest absolute Gasteiger partial charge is 0.441 e. The molecular formula is C19H22FN6O9PS. The molecule has 1 aromatic carbocycles. The second-order valence-corrected chi connectivity index (χ2v) is 10.4. The van der Waals surface area contributed by atoms with Crippen LogP contribution in [0.25, 0.3) is 0 Å². The van der Waals surface area contributed by atoms with Crippen LogP contribution >= 0.6 is 19.2 Å². The van der Waals surface area contributed by atoms with E-state index in [1.54, 1.807) is 11.0 Å². The number of hydrogen-bond acceptors (Lipinski definition) is 11. The third kappa shape index (κ3) is 6.97. The molecule has 0 spiro atoms. The molecule has 2 amide bonds. The predicted octanol–water partition coefficient (Wildman–Crippen LogP) is 1.39. The van der Waals surface area contributed by atoms with E-state index in [0.29, 0.717) is 31.9 Å². The van der Waals surface area contributed by atoms with Crippen molar-refractivity contribution in [3.05, 3.63) is 40.3 Å². The van der Waals surface area contributed by atoms with E-state index in [4.69, 9.17) is 14.5 Å². The molecule has 1 aromatic heterocycles. The summed E-state index contributed by atoms with van der Waals surface area (Å²) in [6, 6.07) is 4.24. The number of phosphoric acid groups is 1. The minimum atomic E-state index is -4.72. The van der Waals surface area contributed by atoms with Crippen LogP contribution in [-0.2, 0) is 18.6 Å². The summed E-state index contributed by atoms with van der Waals surface area (Å²) in [5.41, 5.74) is 0.541. The van der Waals surface area contributed by atoms with Gasteiger partial charge >= 0.3 is 18.9 Å². The molecule has 0 unspecified atom stereocenters. The molecule has 2 aliphatic heterocycles. The van der Waals surface area contributed by atoms with Crippen LogP contribution in [0.5, 0.6) is 0 Å². The van der Waals surface area contributed by atoms with Crippen LogP contribution < -0.4 is 15.1 Å². The molecule has 1 atom stereocenters. The highest BCUT2D eigenvalue weighted by molar-refractivity contribution is 7.46. The minimum absolute atomic E-state index is 0.0482. The topological polar surface area (TPSA) is 188 Å². The van der Waals surface area contributed by atoms with Gasteiger partial charge in [-0.05, 0) is 29.5 Å². The maximum absolute atomic E-state index is 14.9. The van der Waals surface area contributed by atoms with E-state index < -0.39 is 37.4 Å². The molecule has 4 rings (SSSR count). The molecule has 200 valence electrons. The number of halogens is 1. The molecule has 0 saturated carbocycles. The van der Waals surface area contributed by atoms with Crippen molar-refractivity contribution in [2.24, 2.45) is 0 Å². The summed E-state index contributed by atoms with van der Waals surface area (Å²) in [5.74, 6) is -0.938. The van der Waals surface area contributed by atoms with E-state index in [-0.39, 0.29) is 34.8 Å². The highest BCUT2D eigenvalue weighted by Crippen LogP contribution is 2.37. The van der Waals surface area contributed by atoms with Gasteiger partial charge in [0, 0.05) is 26.2 Å². The first-order valence-electron chi connectivity index (χ1n) is 10.8. The van der Waals surface area contributed by atoms with Crippen molar-refractivity contribution >= 4 is 52.7 Å². The minimum Gasteiger partial charge on any atom is -0.441 e. The quantitative estimate of drug-likeness (QED) is 0.227. The number of benzene rings is 1. The molecular weight excluding hydrogens is 538 g/mol. The zero-order valence-corrected chi connectivity index (χ0v) is 20.8. The highest BCUT2D eigenvalue weighted by Gasteiger charge is 2.34. The number of hydrogen-bond donors (Lipinski definition) is 3. The fourth-order valence-corrected chi connectivity index (χ4v) is 4.84. The fourth-order valence-electron chi connectivity index (χ4n) is 3.84. The molecule has 15 nitrogen and oxygen atoms in total. The lowest BCUT2D eigenvalue weighted by atomic mass is 10.2. The van der Waals surface area contributed by atoms with Crippen LogP contribution in [0.15, 0.2) is 24.4 Å². The van der Waals surface area contributed by atoms with Gasteiger partial charge in [0.05, 0.1) is 36.0 Å². The summed E-state index contributed by atoms with van der Waals surface area (Å²) in [6.45, 7) is 1.27. The second kappa shape index (κ2) is 11.0. The molecule has 3 N–H and O–H groups in total. The standard InChI is InChI=1S/C19H22FN6O9PS/c20-14-7-12(25-9-13(35-19(25)28)11-34-36(31,32)33)1-2-15(14)24-5-3-23(4-6-24)10-16(27)22-18-21-8-17(37-18)26(29)30/h1-2,7-8,13H,3-6,9-11H2,(H,21,22,27)(H2,31,32,33)/t13-/m1/s1. The molecule has 2 fully saturated rings. The Bertz CT molecular complexity index is 1230.